The van der Waals surface area contributed by atoms with E-state index in [2.05, 4.69) is 29.6 Å². The van der Waals surface area contributed by atoms with Gasteiger partial charge in [-0.3, -0.25) is 4.68 Å². The molecule has 4 nitrogen and oxygen atoms in total. The minimum absolute atomic E-state index is 0.424. The molecule has 2 aromatic heterocycles. The van der Waals surface area contributed by atoms with Gasteiger partial charge in [-0.05, 0) is 25.3 Å². The SMILES string of the molecule is CCc1nn(C)cc1CNC1CCCc2occc21. The molecule has 1 aliphatic rings. The molecule has 102 valence electrons. The maximum atomic E-state index is 5.53. The van der Waals surface area contributed by atoms with Crippen LogP contribution in [0, 0.1) is 0 Å². The van der Waals surface area contributed by atoms with Gasteiger partial charge < -0.3 is 9.73 Å². The third-order valence-electron chi connectivity index (χ3n) is 3.92. The fourth-order valence-corrected chi connectivity index (χ4v) is 2.96. The summed E-state index contributed by atoms with van der Waals surface area (Å²) in [6, 6.07) is 2.53. The molecule has 0 radical (unpaired) electrons. The number of hydrogen-bond donors (Lipinski definition) is 1. The van der Waals surface area contributed by atoms with Crippen molar-refractivity contribution in [2.75, 3.05) is 0 Å². The summed E-state index contributed by atoms with van der Waals surface area (Å²) >= 11 is 0. The van der Waals surface area contributed by atoms with Crippen LogP contribution in [0.3, 0.4) is 0 Å². The van der Waals surface area contributed by atoms with E-state index in [0.717, 1.165) is 25.1 Å². The molecule has 1 unspecified atom stereocenters. The zero-order valence-electron chi connectivity index (χ0n) is 11.6. The van der Waals surface area contributed by atoms with Crippen LogP contribution in [0.2, 0.25) is 0 Å². The fourth-order valence-electron chi connectivity index (χ4n) is 2.96. The smallest absolute Gasteiger partial charge is 0.108 e. The van der Waals surface area contributed by atoms with Gasteiger partial charge in [-0.2, -0.15) is 5.10 Å². The number of fused-ring (bicyclic) bond motifs is 1. The van der Waals surface area contributed by atoms with E-state index < -0.39 is 0 Å². The van der Waals surface area contributed by atoms with E-state index in [9.17, 15) is 0 Å². The minimum atomic E-state index is 0.424. The summed E-state index contributed by atoms with van der Waals surface area (Å²) in [5.74, 6) is 1.16. The van der Waals surface area contributed by atoms with Crippen molar-refractivity contribution < 1.29 is 4.42 Å². The average molecular weight is 259 g/mol. The first-order valence-corrected chi connectivity index (χ1v) is 7.09. The Morgan fingerprint density at radius 1 is 1.53 bits per heavy atom. The van der Waals surface area contributed by atoms with Crippen molar-refractivity contribution in [3.05, 3.63) is 41.1 Å². The molecule has 0 amide bonds. The molecule has 0 aromatic carbocycles. The Morgan fingerprint density at radius 3 is 3.26 bits per heavy atom. The fraction of sp³-hybridized carbons (Fsp3) is 0.533. The summed E-state index contributed by atoms with van der Waals surface area (Å²) in [4.78, 5) is 0. The Bertz CT molecular complexity index is 555. The highest BCUT2D eigenvalue weighted by molar-refractivity contribution is 5.25. The van der Waals surface area contributed by atoms with Gasteiger partial charge in [0.05, 0.1) is 12.0 Å². The summed E-state index contributed by atoms with van der Waals surface area (Å²) < 4.78 is 7.43. The second-order valence-corrected chi connectivity index (χ2v) is 5.25. The van der Waals surface area contributed by atoms with Gasteiger partial charge in [0, 0.05) is 43.4 Å². The quantitative estimate of drug-likeness (QED) is 0.918. The molecule has 4 heteroatoms. The summed E-state index contributed by atoms with van der Waals surface area (Å²) in [6.45, 7) is 3.03. The van der Waals surface area contributed by atoms with Crippen molar-refractivity contribution in [1.82, 2.24) is 15.1 Å². The second-order valence-electron chi connectivity index (χ2n) is 5.25. The highest BCUT2D eigenvalue weighted by Crippen LogP contribution is 2.30. The average Bonchev–Trinajstić information content (AvgIpc) is 3.02. The van der Waals surface area contributed by atoms with Crippen LogP contribution in [0.4, 0.5) is 0 Å². The van der Waals surface area contributed by atoms with E-state index in [0.29, 0.717) is 6.04 Å². The number of furan rings is 1. The molecule has 0 saturated heterocycles. The number of nitrogens with zero attached hydrogens (tertiary/aromatic N) is 2. The van der Waals surface area contributed by atoms with Gasteiger partial charge in [-0.15, -0.1) is 0 Å². The Balaban J connectivity index is 1.70. The largest absolute Gasteiger partial charge is 0.469 e. The minimum Gasteiger partial charge on any atom is -0.469 e. The molecular formula is C15H21N3O. The summed E-state index contributed by atoms with van der Waals surface area (Å²) in [6.07, 6.45) is 8.38. The molecule has 0 bridgehead atoms. The molecule has 2 aromatic rings. The first-order valence-electron chi connectivity index (χ1n) is 7.09. The number of rotatable bonds is 4. The lowest BCUT2D eigenvalue weighted by atomic mass is 9.93. The molecule has 19 heavy (non-hydrogen) atoms. The van der Waals surface area contributed by atoms with Crippen molar-refractivity contribution in [2.24, 2.45) is 7.05 Å². The number of hydrogen-bond acceptors (Lipinski definition) is 3. The van der Waals surface area contributed by atoms with Crippen LogP contribution >= 0.6 is 0 Å². The Kier molecular flexibility index (Phi) is 3.42. The van der Waals surface area contributed by atoms with Crippen LogP contribution in [0.1, 0.15) is 48.4 Å². The highest BCUT2D eigenvalue weighted by atomic mass is 16.3. The van der Waals surface area contributed by atoms with Gasteiger partial charge in [-0.1, -0.05) is 6.92 Å². The molecule has 0 spiro atoms. The van der Waals surface area contributed by atoms with Crippen molar-refractivity contribution in [3.63, 3.8) is 0 Å². The molecule has 0 aliphatic heterocycles. The zero-order valence-corrected chi connectivity index (χ0v) is 11.6. The highest BCUT2D eigenvalue weighted by Gasteiger charge is 2.22. The Morgan fingerprint density at radius 2 is 2.42 bits per heavy atom. The molecule has 3 rings (SSSR count). The van der Waals surface area contributed by atoms with Crippen LogP contribution in [0.25, 0.3) is 0 Å². The topological polar surface area (TPSA) is 43.0 Å². The van der Waals surface area contributed by atoms with E-state index in [-0.39, 0.29) is 0 Å². The molecular weight excluding hydrogens is 238 g/mol. The second kappa shape index (κ2) is 5.21. The zero-order chi connectivity index (χ0) is 13.2. The maximum absolute atomic E-state index is 5.53. The molecule has 2 heterocycles. The lowest BCUT2D eigenvalue weighted by molar-refractivity contribution is 0.410. The van der Waals surface area contributed by atoms with Crippen molar-refractivity contribution in [1.29, 1.82) is 0 Å². The van der Waals surface area contributed by atoms with Gasteiger partial charge in [0.15, 0.2) is 0 Å². The maximum Gasteiger partial charge on any atom is 0.108 e. The standard InChI is InChI=1S/C15H21N3O/c1-3-13-11(10-18(2)17-13)9-16-14-5-4-6-15-12(14)7-8-19-15/h7-8,10,14,16H,3-6,9H2,1-2H3. The van der Waals surface area contributed by atoms with Crippen LogP contribution < -0.4 is 5.32 Å². The van der Waals surface area contributed by atoms with Gasteiger partial charge in [0.2, 0.25) is 0 Å². The van der Waals surface area contributed by atoms with E-state index in [1.54, 1.807) is 0 Å². The Labute approximate surface area is 113 Å². The van der Waals surface area contributed by atoms with E-state index in [1.165, 1.54) is 29.7 Å². The monoisotopic (exact) mass is 259 g/mol. The van der Waals surface area contributed by atoms with Crippen LogP contribution in [0.15, 0.2) is 22.9 Å². The Hall–Kier alpha value is -1.55. The lowest BCUT2D eigenvalue weighted by Crippen LogP contribution is -2.24. The van der Waals surface area contributed by atoms with Crippen LogP contribution in [0.5, 0.6) is 0 Å². The van der Waals surface area contributed by atoms with Gasteiger partial charge >= 0.3 is 0 Å². The van der Waals surface area contributed by atoms with Crippen molar-refractivity contribution in [3.8, 4) is 0 Å². The van der Waals surface area contributed by atoms with Gasteiger partial charge in [0.25, 0.3) is 0 Å². The first-order chi connectivity index (χ1) is 9.28. The van der Waals surface area contributed by atoms with Gasteiger partial charge in [0.1, 0.15) is 5.76 Å². The third kappa shape index (κ3) is 2.45. The summed E-state index contributed by atoms with van der Waals surface area (Å²) in [7, 11) is 1.98. The molecule has 1 aliphatic carbocycles. The van der Waals surface area contributed by atoms with Crippen molar-refractivity contribution in [2.45, 2.75) is 45.2 Å². The predicted molar refractivity (Wildman–Crippen MR) is 73.8 cm³/mol. The van der Waals surface area contributed by atoms with Crippen LogP contribution in [-0.2, 0) is 26.4 Å². The molecule has 0 saturated carbocycles. The summed E-state index contributed by atoms with van der Waals surface area (Å²) in [5, 5.41) is 8.14. The van der Waals surface area contributed by atoms with E-state index >= 15 is 0 Å². The summed E-state index contributed by atoms with van der Waals surface area (Å²) in [5.41, 5.74) is 3.84. The molecule has 1 N–H and O–H groups in total. The number of aryl methyl sites for hydroxylation is 3. The van der Waals surface area contributed by atoms with Crippen LogP contribution in [-0.4, -0.2) is 9.78 Å². The lowest BCUT2D eigenvalue weighted by Gasteiger charge is -2.22. The number of nitrogens with one attached hydrogen (secondary N) is 1. The van der Waals surface area contributed by atoms with Crippen molar-refractivity contribution >= 4 is 0 Å². The molecule has 1 atom stereocenters. The predicted octanol–water partition coefficient (Wildman–Crippen LogP) is 2.74. The normalized spacial score (nSPS) is 18.5. The van der Waals surface area contributed by atoms with Gasteiger partial charge in [-0.25, -0.2) is 0 Å². The van der Waals surface area contributed by atoms with E-state index in [1.807, 2.05) is 18.0 Å². The molecule has 0 fully saturated rings. The van der Waals surface area contributed by atoms with E-state index in [4.69, 9.17) is 4.42 Å². The number of aromatic nitrogens is 2. The first kappa shape index (κ1) is 12.5. The third-order valence-corrected chi connectivity index (χ3v) is 3.92.